The van der Waals surface area contributed by atoms with E-state index in [0.29, 0.717) is 35.0 Å². The standard InChI is InChI=1S/C19H25N5O5S/c1-5-23(9-10-25)30(27,28)14-7-8-16(29-6-2)15(11-14)18-21-19(26)17-12(3)20-13(4)24(17)22-18/h7-8,11,25H,5-6,9-10H2,1-4H3,(H,21,22,26). The van der Waals surface area contributed by atoms with Crippen molar-refractivity contribution in [1.82, 2.24) is 23.9 Å². The Labute approximate surface area is 174 Å². The summed E-state index contributed by atoms with van der Waals surface area (Å²) in [7, 11) is -3.85. The molecule has 11 heteroatoms. The fraction of sp³-hybridized carbons (Fsp3) is 0.421. The third-order valence-corrected chi connectivity index (χ3v) is 6.65. The monoisotopic (exact) mass is 435 g/mol. The second kappa shape index (κ2) is 8.54. The van der Waals surface area contributed by atoms with Gasteiger partial charge in [0.25, 0.3) is 5.56 Å². The summed E-state index contributed by atoms with van der Waals surface area (Å²) in [5.41, 5.74) is 0.835. The predicted molar refractivity (Wildman–Crippen MR) is 111 cm³/mol. The fourth-order valence-electron chi connectivity index (χ4n) is 3.30. The number of benzene rings is 1. The van der Waals surface area contributed by atoms with Gasteiger partial charge in [0.15, 0.2) is 11.3 Å². The van der Waals surface area contributed by atoms with Crippen molar-refractivity contribution in [2.75, 3.05) is 26.3 Å². The van der Waals surface area contributed by atoms with Crippen LogP contribution < -0.4 is 10.3 Å². The van der Waals surface area contributed by atoms with E-state index in [-0.39, 0.29) is 36.0 Å². The molecule has 2 aromatic heterocycles. The Bertz CT molecular complexity index is 1230. The van der Waals surface area contributed by atoms with E-state index in [0.717, 1.165) is 0 Å². The van der Waals surface area contributed by atoms with Gasteiger partial charge in [0.2, 0.25) is 10.0 Å². The van der Waals surface area contributed by atoms with E-state index in [2.05, 4.69) is 15.1 Å². The van der Waals surface area contributed by atoms with Crippen LogP contribution in [0.5, 0.6) is 5.75 Å². The number of sulfonamides is 1. The summed E-state index contributed by atoms with van der Waals surface area (Å²) in [5, 5.41) is 13.7. The van der Waals surface area contributed by atoms with E-state index in [9.17, 15) is 18.3 Å². The highest BCUT2D eigenvalue weighted by Gasteiger charge is 2.25. The Hall–Kier alpha value is -2.76. The minimum Gasteiger partial charge on any atom is -0.493 e. The molecule has 0 unspecified atom stereocenters. The largest absolute Gasteiger partial charge is 0.493 e. The quantitative estimate of drug-likeness (QED) is 0.542. The number of hydrogen-bond donors (Lipinski definition) is 2. The number of hydrogen-bond acceptors (Lipinski definition) is 7. The molecular weight excluding hydrogens is 410 g/mol. The molecule has 2 heterocycles. The molecule has 0 fully saturated rings. The molecule has 0 aliphatic carbocycles. The molecule has 0 saturated heterocycles. The average molecular weight is 436 g/mol. The SMILES string of the molecule is CCOc1ccc(S(=O)(=O)N(CC)CCO)cc1-c1nn2c(C)nc(C)c2c(=O)[nH]1. The van der Waals surface area contributed by atoms with Crippen LogP contribution in [-0.2, 0) is 10.0 Å². The van der Waals surface area contributed by atoms with E-state index in [1.165, 1.54) is 27.0 Å². The first-order valence-electron chi connectivity index (χ1n) is 9.59. The van der Waals surface area contributed by atoms with Crippen LogP contribution in [0.3, 0.4) is 0 Å². The number of nitrogens with zero attached hydrogens (tertiary/aromatic N) is 4. The minimum absolute atomic E-state index is 0.0116. The molecule has 0 spiro atoms. The summed E-state index contributed by atoms with van der Waals surface area (Å²) in [6, 6.07) is 4.39. The van der Waals surface area contributed by atoms with Crippen molar-refractivity contribution in [3.05, 3.63) is 40.1 Å². The van der Waals surface area contributed by atoms with Gasteiger partial charge in [-0.3, -0.25) is 4.79 Å². The minimum atomic E-state index is -3.85. The summed E-state index contributed by atoms with van der Waals surface area (Å²) in [5.74, 6) is 1.09. The highest BCUT2D eigenvalue weighted by Crippen LogP contribution is 2.31. The summed E-state index contributed by atoms with van der Waals surface area (Å²) in [4.78, 5) is 19.6. The Kier molecular flexibility index (Phi) is 6.25. The molecule has 0 radical (unpaired) electrons. The molecule has 0 saturated carbocycles. The lowest BCUT2D eigenvalue weighted by Crippen LogP contribution is -2.33. The molecule has 1 aromatic carbocycles. The second-order valence-electron chi connectivity index (χ2n) is 6.62. The maximum absolute atomic E-state index is 13.0. The summed E-state index contributed by atoms with van der Waals surface area (Å²) in [6.07, 6.45) is 0. The highest BCUT2D eigenvalue weighted by atomic mass is 32.2. The van der Waals surface area contributed by atoms with Gasteiger partial charge in [-0.1, -0.05) is 6.92 Å². The zero-order valence-electron chi connectivity index (χ0n) is 17.3. The van der Waals surface area contributed by atoms with Gasteiger partial charge < -0.3 is 14.8 Å². The number of H-pyrrole nitrogens is 1. The van der Waals surface area contributed by atoms with E-state index in [4.69, 9.17) is 4.74 Å². The first kappa shape index (κ1) is 21.9. The van der Waals surface area contributed by atoms with E-state index >= 15 is 0 Å². The van der Waals surface area contributed by atoms with Gasteiger partial charge in [-0.05, 0) is 39.0 Å². The molecular formula is C19H25N5O5S. The fourth-order valence-corrected chi connectivity index (χ4v) is 4.77. The van der Waals surface area contributed by atoms with Gasteiger partial charge in [0.1, 0.15) is 11.6 Å². The van der Waals surface area contributed by atoms with Crippen molar-refractivity contribution in [1.29, 1.82) is 0 Å². The summed E-state index contributed by atoms with van der Waals surface area (Å²) in [6.45, 7) is 7.20. The molecule has 0 bridgehead atoms. The predicted octanol–water partition coefficient (Wildman–Crippen LogP) is 1.10. The molecule has 10 nitrogen and oxygen atoms in total. The number of ether oxygens (including phenoxy) is 1. The third kappa shape index (κ3) is 3.83. The lowest BCUT2D eigenvalue weighted by Gasteiger charge is -2.20. The first-order chi connectivity index (χ1) is 14.2. The Balaban J connectivity index is 2.23. The van der Waals surface area contributed by atoms with Crippen molar-refractivity contribution in [2.45, 2.75) is 32.6 Å². The maximum Gasteiger partial charge on any atom is 0.277 e. The summed E-state index contributed by atoms with van der Waals surface area (Å²) >= 11 is 0. The van der Waals surface area contributed by atoms with Gasteiger partial charge in [0.05, 0.1) is 29.4 Å². The number of aliphatic hydroxyl groups excluding tert-OH is 1. The van der Waals surface area contributed by atoms with Gasteiger partial charge in [-0.2, -0.15) is 4.31 Å². The van der Waals surface area contributed by atoms with Crippen molar-refractivity contribution >= 4 is 15.5 Å². The zero-order valence-corrected chi connectivity index (χ0v) is 18.2. The maximum atomic E-state index is 13.0. The van der Waals surface area contributed by atoms with E-state index in [1.807, 2.05) is 0 Å². The van der Waals surface area contributed by atoms with Crippen molar-refractivity contribution < 1.29 is 18.3 Å². The van der Waals surface area contributed by atoms with Gasteiger partial charge in [-0.15, -0.1) is 5.10 Å². The Morgan fingerprint density at radius 3 is 2.63 bits per heavy atom. The van der Waals surface area contributed by atoms with Crippen LogP contribution in [0, 0.1) is 13.8 Å². The molecule has 0 amide bonds. The molecule has 3 rings (SSSR count). The number of rotatable bonds is 8. The normalized spacial score (nSPS) is 12.1. The highest BCUT2D eigenvalue weighted by molar-refractivity contribution is 7.89. The number of fused-ring (bicyclic) bond motifs is 1. The van der Waals surface area contributed by atoms with Crippen LogP contribution in [0.1, 0.15) is 25.4 Å². The van der Waals surface area contributed by atoms with Crippen molar-refractivity contribution in [3.63, 3.8) is 0 Å². The lowest BCUT2D eigenvalue weighted by atomic mass is 10.2. The number of aryl methyl sites for hydroxylation is 2. The van der Waals surface area contributed by atoms with Gasteiger partial charge >= 0.3 is 0 Å². The molecule has 30 heavy (non-hydrogen) atoms. The third-order valence-electron chi connectivity index (χ3n) is 4.68. The van der Waals surface area contributed by atoms with Crippen LogP contribution in [0.2, 0.25) is 0 Å². The van der Waals surface area contributed by atoms with Crippen molar-refractivity contribution in [2.24, 2.45) is 0 Å². The van der Waals surface area contributed by atoms with E-state index in [1.54, 1.807) is 27.7 Å². The number of aliphatic hydroxyl groups is 1. The van der Waals surface area contributed by atoms with Crippen LogP contribution in [-0.4, -0.2) is 63.7 Å². The number of likely N-dealkylation sites (N-methyl/N-ethyl adjacent to an activating group) is 1. The first-order valence-corrected chi connectivity index (χ1v) is 11.0. The van der Waals surface area contributed by atoms with Crippen LogP contribution in [0.4, 0.5) is 0 Å². The lowest BCUT2D eigenvalue weighted by molar-refractivity contribution is 0.257. The number of aromatic nitrogens is 4. The second-order valence-corrected chi connectivity index (χ2v) is 8.56. The van der Waals surface area contributed by atoms with E-state index < -0.39 is 10.0 Å². The average Bonchev–Trinajstić information content (AvgIpc) is 3.00. The molecule has 0 aliphatic heterocycles. The van der Waals surface area contributed by atoms with Crippen molar-refractivity contribution in [3.8, 4) is 17.1 Å². The molecule has 162 valence electrons. The van der Waals surface area contributed by atoms with Crippen LogP contribution in [0.25, 0.3) is 16.9 Å². The molecule has 0 atom stereocenters. The zero-order chi connectivity index (χ0) is 22.1. The van der Waals surface area contributed by atoms with Crippen LogP contribution in [0.15, 0.2) is 27.9 Å². The van der Waals surface area contributed by atoms with Gasteiger partial charge in [0, 0.05) is 13.1 Å². The van der Waals surface area contributed by atoms with Gasteiger partial charge in [-0.25, -0.2) is 17.9 Å². The number of aromatic amines is 1. The number of nitrogens with one attached hydrogen (secondary N) is 1. The molecule has 3 aromatic rings. The summed E-state index contributed by atoms with van der Waals surface area (Å²) < 4.78 is 34.3. The molecule has 2 N–H and O–H groups in total. The van der Waals surface area contributed by atoms with Crippen LogP contribution >= 0.6 is 0 Å². The molecule has 0 aliphatic rings. The smallest absolute Gasteiger partial charge is 0.277 e. The topological polar surface area (TPSA) is 130 Å². The Morgan fingerprint density at radius 1 is 1.27 bits per heavy atom. The number of imidazole rings is 1. The Morgan fingerprint density at radius 2 is 2.00 bits per heavy atom.